The standard InChI is InChI=1S/C28H25BrN4O3/c1-17-24(27(34)32(30-17)20-10-6-4-7-11-20)26(19-14-15-23(36-3)22(29)16-19)25-18(2)31-33(28(25)35)21-12-8-5-9-13-21/h4-16,26,30-31H,1-3H3. The van der Waals surface area contributed by atoms with Crippen molar-refractivity contribution < 1.29 is 4.74 Å². The van der Waals surface area contributed by atoms with Gasteiger partial charge in [-0.15, -0.1) is 0 Å². The summed E-state index contributed by atoms with van der Waals surface area (Å²) in [6.07, 6.45) is 0. The first-order chi connectivity index (χ1) is 17.4. The van der Waals surface area contributed by atoms with Gasteiger partial charge in [-0.2, -0.15) is 0 Å². The third kappa shape index (κ3) is 4.03. The average Bonchev–Trinajstić information content (AvgIpc) is 3.36. The molecule has 0 radical (unpaired) electrons. The number of nitrogens with zero attached hydrogens (tertiary/aromatic N) is 2. The fraction of sp³-hybridized carbons (Fsp3) is 0.143. The summed E-state index contributed by atoms with van der Waals surface area (Å²) < 4.78 is 9.20. The number of hydrogen-bond donors (Lipinski definition) is 2. The van der Waals surface area contributed by atoms with Crippen LogP contribution in [0.3, 0.4) is 0 Å². The number of aromatic amines is 2. The van der Waals surface area contributed by atoms with Gasteiger partial charge in [0.2, 0.25) is 0 Å². The topological polar surface area (TPSA) is 84.8 Å². The molecule has 0 aliphatic heterocycles. The largest absolute Gasteiger partial charge is 0.496 e. The molecule has 2 aromatic heterocycles. The van der Waals surface area contributed by atoms with Crippen LogP contribution in [-0.2, 0) is 0 Å². The number of ether oxygens (including phenoxy) is 1. The maximum Gasteiger partial charge on any atom is 0.275 e. The van der Waals surface area contributed by atoms with Gasteiger partial charge in [0.1, 0.15) is 5.75 Å². The molecule has 8 heteroatoms. The molecule has 0 saturated carbocycles. The molecule has 0 atom stereocenters. The highest BCUT2D eigenvalue weighted by molar-refractivity contribution is 9.10. The van der Waals surface area contributed by atoms with Gasteiger partial charge in [-0.25, -0.2) is 9.36 Å². The summed E-state index contributed by atoms with van der Waals surface area (Å²) in [7, 11) is 1.60. The number of methoxy groups -OCH3 is 1. The number of aryl methyl sites for hydroxylation is 2. The maximum atomic E-state index is 13.9. The lowest BCUT2D eigenvalue weighted by atomic mass is 9.85. The van der Waals surface area contributed by atoms with Crippen LogP contribution in [0.1, 0.15) is 34.0 Å². The molecule has 0 spiro atoms. The average molecular weight is 545 g/mol. The normalized spacial score (nSPS) is 11.2. The molecular weight excluding hydrogens is 520 g/mol. The van der Waals surface area contributed by atoms with E-state index in [4.69, 9.17) is 4.74 Å². The minimum Gasteiger partial charge on any atom is -0.496 e. The summed E-state index contributed by atoms with van der Waals surface area (Å²) in [5.74, 6) is 0.0482. The van der Waals surface area contributed by atoms with Gasteiger partial charge < -0.3 is 4.74 Å². The Bertz CT molecular complexity index is 1550. The molecule has 0 aliphatic carbocycles. The predicted octanol–water partition coefficient (Wildman–Crippen LogP) is 5.21. The lowest BCUT2D eigenvalue weighted by Crippen LogP contribution is -2.25. The third-order valence-corrected chi connectivity index (χ3v) is 6.97. The van der Waals surface area contributed by atoms with Crippen LogP contribution in [0.2, 0.25) is 0 Å². The quantitative estimate of drug-likeness (QED) is 0.307. The molecule has 182 valence electrons. The highest BCUT2D eigenvalue weighted by Crippen LogP contribution is 2.36. The van der Waals surface area contributed by atoms with Gasteiger partial charge >= 0.3 is 0 Å². The highest BCUT2D eigenvalue weighted by atomic mass is 79.9. The van der Waals surface area contributed by atoms with Crippen molar-refractivity contribution in [2.24, 2.45) is 0 Å². The number of aromatic nitrogens is 4. The van der Waals surface area contributed by atoms with E-state index in [-0.39, 0.29) is 11.1 Å². The van der Waals surface area contributed by atoms with Gasteiger partial charge in [-0.05, 0) is 71.7 Å². The molecule has 0 bridgehead atoms. The molecule has 7 nitrogen and oxygen atoms in total. The van der Waals surface area contributed by atoms with E-state index in [1.54, 1.807) is 7.11 Å². The summed E-state index contributed by atoms with van der Waals surface area (Å²) >= 11 is 3.57. The fourth-order valence-corrected chi connectivity index (χ4v) is 5.22. The predicted molar refractivity (Wildman–Crippen MR) is 144 cm³/mol. The van der Waals surface area contributed by atoms with Crippen LogP contribution in [0.25, 0.3) is 11.4 Å². The number of hydrogen-bond acceptors (Lipinski definition) is 3. The molecule has 0 fully saturated rings. The van der Waals surface area contributed by atoms with Gasteiger partial charge in [0, 0.05) is 17.3 Å². The molecule has 3 aromatic carbocycles. The van der Waals surface area contributed by atoms with Crippen molar-refractivity contribution in [2.75, 3.05) is 7.11 Å². The maximum absolute atomic E-state index is 13.9. The smallest absolute Gasteiger partial charge is 0.275 e. The van der Waals surface area contributed by atoms with Crippen molar-refractivity contribution in [3.8, 4) is 17.1 Å². The summed E-state index contributed by atoms with van der Waals surface area (Å²) in [4.78, 5) is 27.7. The summed E-state index contributed by atoms with van der Waals surface area (Å²) in [6.45, 7) is 3.72. The van der Waals surface area contributed by atoms with Gasteiger partial charge in [-0.1, -0.05) is 42.5 Å². The Labute approximate surface area is 216 Å². The number of rotatable bonds is 6. The molecule has 0 saturated heterocycles. The molecule has 36 heavy (non-hydrogen) atoms. The van der Waals surface area contributed by atoms with E-state index in [1.165, 1.54) is 9.36 Å². The summed E-state index contributed by atoms with van der Waals surface area (Å²) in [6, 6.07) is 24.4. The monoisotopic (exact) mass is 544 g/mol. The Morgan fingerprint density at radius 1 is 0.750 bits per heavy atom. The van der Waals surface area contributed by atoms with Crippen LogP contribution in [0, 0.1) is 13.8 Å². The molecule has 2 heterocycles. The van der Waals surface area contributed by atoms with Gasteiger partial charge in [-0.3, -0.25) is 19.8 Å². The van der Waals surface area contributed by atoms with E-state index < -0.39 is 5.92 Å². The minimum absolute atomic E-state index is 0.207. The number of H-pyrrole nitrogens is 2. The zero-order valence-corrected chi connectivity index (χ0v) is 21.7. The van der Waals surface area contributed by atoms with E-state index >= 15 is 0 Å². The molecule has 0 amide bonds. The SMILES string of the molecule is COc1ccc(C(c2c(C)[nH]n(-c3ccccc3)c2=O)c2c(C)[nH]n(-c3ccccc3)c2=O)cc1Br. The van der Waals surface area contributed by atoms with Crippen molar-refractivity contribution in [1.82, 2.24) is 19.6 Å². The van der Waals surface area contributed by atoms with Gasteiger partial charge in [0.15, 0.2) is 0 Å². The molecule has 5 rings (SSSR count). The molecule has 5 aromatic rings. The van der Waals surface area contributed by atoms with Gasteiger partial charge in [0.05, 0.1) is 34.1 Å². The van der Waals surface area contributed by atoms with Crippen LogP contribution < -0.4 is 15.9 Å². The number of nitrogens with one attached hydrogen (secondary N) is 2. The number of benzene rings is 3. The second-order valence-corrected chi connectivity index (χ2v) is 9.43. The van der Waals surface area contributed by atoms with Crippen molar-refractivity contribution in [3.63, 3.8) is 0 Å². The van der Waals surface area contributed by atoms with E-state index in [2.05, 4.69) is 26.1 Å². The second kappa shape index (κ2) is 9.54. The Morgan fingerprint density at radius 2 is 1.22 bits per heavy atom. The van der Waals surface area contributed by atoms with E-state index in [0.29, 0.717) is 28.3 Å². The van der Waals surface area contributed by atoms with Crippen LogP contribution in [0.15, 0.2) is 92.9 Å². The molecule has 0 unspecified atom stereocenters. The zero-order valence-electron chi connectivity index (χ0n) is 20.1. The molecule has 2 N–H and O–H groups in total. The number of para-hydroxylation sites is 2. The van der Waals surface area contributed by atoms with Crippen molar-refractivity contribution >= 4 is 15.9 Å². The van der Waals surface area contributed by atoms with Crippen LogP contribution in [-0.4, -0.2) is 26.7 Å². The lowest BCUT2D eigenvalue weighted by molar-refractivity contribution is 0.412. The Kier molecular flexibility index (Phi) is 6.28. The zero-order chi connectivity index (χ0) is 25.4. The third-order valence-electron chi connectivity index (χ3n) is 6.35. The minimum atomic E-state index is -0.616. The van der Waals surface area contributed by atoms with E-state index in [1.807, 2.05) is 92.7 Å². The molecular formula is C28H25BrN4O3. The Hall–Kier alpha value is -4.04. The highest BCUT2D eigenvalue weighted by Gasteiger charge is 2.31. The second-order valence-electron chi connectivity index (χ2n) is 8.58. The first-order valence-corrected chi connectivity index (χ1v) is 12.3. The van der Waals surface area contributed by atoms with Crippen LogP contribution in [0.5, 0.6) is 5.75 Å². The van der Waals surface area contributed by atoms with Crippen molar-refractivity contribution in [2.45, 2.75) is 19.8 Å². The first-order valence-electron chi connectivity index (χ1n) is 11.5. The van der Waals surface area contributed by atoms with E-state index in [9.17, 15) is 9.59 Å². The first kappa shape index (κ1) is 23.7. The fourth-order valence-electron chi connectivity index (χ4n) is 4.66. The lowest BCUT2D eigenvalue weighted by Gasteiger charge is -2.17. The Morgan fingerprint density at radius 3 is 1.64 bits per heavy atom. The Balaban J connectivity index is 1.78. The van der Waals surface area contributed by atoms with Crippen molar-refractivity contribution in [3.05, 3.63) is 132 Å². The summed E-state index contributed by atoms with van der Waals surface area (Å²) in [5, 5.41) is 6.43. The van der Waals surface area contributed by atoms with Crippen molar-refractivity contribution in [1.29, 1.82) is 0 Å². The van der Waals surface area contributed by atoms with Crippen LogP contribution in [0.4, 0.5) is 0 Å². The number of halogens is 1. The van der Waals surface area contributed by atoms with Gasteiger partial charge in [0.25, 0.3) is 11.1 Å². The summed E-state index contributed by atoms with van der Waals surface area (Å²) in [5.41, 5.74) is 4.22. The van der Waals surface area contributed by atoms with E-state index in [0.717, 1.165) is 21.4 Å². The van der Waals surface area contributed by atoms with Crippen LogP contribution >= 0.6 is 15.9 Å². The molecule has 0 aliphatic rings.